The van der Waals surface area contributed by atoms with E-state index in [4.69, 9.17) is 10.5 Å². The summed E-state index contributed by atoms with van der Waals surface area (Å²) in [5.74, 6) is -0.603. The Hall–Kier alpha value is -1.88. The van der Waals surface area contributed by atoms with Crippen LogP contribution in [-0.4, -0.2) is 24.5 Å². The molecule has 2 rings (SSSR count). The molecule has 5 heteroatoms. The number of anilines is 1. The van der Waals surface area contributed by atoms with E-state index in [0.29, 0.717) is 11.3 Å². The van der Waals surface area contributed by atoms with Gasteiger partial charge in [0.2, 0.25) is 5.91 Å². The number of esters is 1. The first-order chi connectivity index (χ1) is 10.3. The van der Waals surface area contributed by atoms with Crippen LogP contribution in [-0.2, 0) is 9.53 Å². The van der Waals surface area contributed by atoms with E-state index >= 15 is 0 Å². The van der Waals surface area contributed by atoms with Gasteiger partial charge in [0, 0.05) is 11.2 Å². The smallest absolute Gasteiger partial charge is 0.338 e. The second-order valence-electron chi connectivity index (χ2n) is 6.31. The van der Waals surface area contributed by atoms with Crippen molar-refractivity contribution in [3.63, 3.8) is 0 Å². The van der Waals surface area contributed by atoms with Crippen LogP contribution in [0.3, 0.4) is 0 Å². The SMILES string of the molecule is COC(=O)c1ccc(NC(=O)C2CCCCC2(C)N)cc1C. The summed E-state index contributed by atoms with van der Waals surface area (Å²) in [6.07, 6.45) is 3.79. The molecule has 3 N–H and O–H groups in total. The van der Waals surface area contributed by atoms with E-state index in [2.05, 4.69) is 5.32 Å². The minimum atomic E-state index is -0.455. The lowest BCUT2D eigenvalue weighted by Crippen LogP contribution is -2.51. The highest BCUT2D eigenvalue weighted by Gasteiger charge is 2.37. The standard InChI is InChI=1S/C17H24N2O3/c1-11-10-12(7-8-13(11)16(21)22-3)19-15(20)14-6-4-5-9-17(14,2)18/h7-8,10,14H,4-6,9,18H2,1-3H3,(H,19,20). The van der Waals surface area contributed by atoms with Crippen LogP contribution in [0.15, 0.2) is 18.2 Å². The van der Waals surface area contributed by atoms with Crippen LogP contribution in [0.2, 0.25) is 0 Å². The molecule has 1 aliphatic rings. The molecule has 1 saturated carbocycles. The zero-order valence-corrected chi connectivity index (χ0v) is 13.4. The van der Waals surface area contributed by atoms with Crippen molar-refractivity contribution in [2.45, 2.75) is 45.1 Å². The summed E-state index contributed by atoms with van der Waals surface area (Å²) in [6, 6.07) is 5.16. The molecule has 0 heterocycles. The second-order valence-corrected chi connectivity index (χ2v) is 6.31. The Morgan fingerprint density at radius 2 is 2.09 bits per heavy atom. The quantitative estimate of drug-likeness (QED) is 0.841. The predicted molar refractivity (Wildman–Crippen MR) is 85.7 cm³/mol. The lowest BCUT2D eigenvalue weighted by molar-refractivity contribution is -0.122. The molecule has 0 spiro atoms. The average Bonchev–Trinajstić information content (AvgIpc) is 2.46. The Kier molecular flexibility index (Phi) is 4.86. The van der Waals surface area contributed by atoms with Crippen molar-refractivity contribution >= 4 is 17.6 Å². The van der Waals surface area contributed by atoms with E-state index in [1.165, 1.54) is 7.11 Å². The number of amides is 1. The fraction of sp³-hybridized carbons (Fsp3) is 0.529. The van der Waals surface area contributed by atoms with E-state index < -0.39 is 5.54 Å². The van der Waals surface area contributed by atoms with Crippen LogP contribution < -0.4 is 11.1 Å². The Labute approximate surface area is 131 Å². The largest absolute Gasteiger partial charge is 0.465 e. The highest BCUT2D eigenvalue weighted by molar-refractivity contribution is 5.95. The zero-order valence-electron chi connectivity index (χ0n) is 13.4. The molecule has 2 unspecified atom stereocenters. The Bertz CT molecular complexity index is 581. The third-order valence-electron chi connectivity index (χ3n) is 4.47. The van der Waals surface area contributed by atoms with Gasteiger partial charge in [-0.05, 0) is 50.5 Å². The number of hydrogen-bond acceptors (Lipinski definition) is 4. The topological polar surface area (TPSA) is 81.4 Å². The van der Waals surface area contributed by atoms with Crippen LogP contribution in [0.5, 0.6) is 0 Å². The Morgan fingerprint density at radius 3 is 2.68 bits per heavy atom. The number of nitrogens with two attached hydrogens (primary N) is 1. The summed E-state index contributed by atoms with van der Waals surface area (Å²) in [4.78, 5) is 24.1. The van der Waals surface area contributed by atoms with Crippen LogP contribution in [0.25, 0.3) is 0 Å². The van der Waals surface area contributed by atoms with Crippen molar-refractivity contribution in [3.8, 4) is 0 Å². The molecular formula is C17H24N2O3. The molecule has 1 aliphatic carbocycles. The fourth-order valence-electron chi connectivity index (χ4n) is 3.10. The van der Waals surface area contributed by atoms with E-state index in [9.17, 15) is 9.59 Å². The van der Waals surface area contributed by atoms with Crippen LogP contribution in [0.4, 0.5) is 5.69 Å². The molecule has 1 fully saturated rings. The molecule has 22 heavy (non-hydrogen) atoms. The van der Waals surface area contributed by atoms with Gasteiger partial charge in [-0.2, -0.15) is 0 Å². The second kappa shape index (κ2) is 6.48. The van der Waals surface area contributed by atoms with Crippen LogP contribution in [0, 0.1) is 12.8 Å². The van der Waals surface area contributed by atoms with Gasteiger partial charge >= 0.3 is 5.97 Å². The summed E-state index contributed by atoms with van der Waals surface area (Å²) < 4.78 is 4.72. The number of carbonyl (C=O) groups is 2. The third kappa shape index (κ3) is 3.47. The van der Waals surface area contributed by atoms with Gasteiger partial charge in [0.25, 0.3) is 0 Å². The molecule has 0 saturated heterocycles. The molecule has 120 valence electrons. The number of methoxy groups -OCH3 is 1. The van der Waals surface area contributed by atoms with Crippen molar-refractivity contribution in [1.29, 1.82) is 0 Å². The Balaban J connectivity index is 2.12. The molecular weight excluding hydrogens is 280 g/mol. The summed E-state index contributed by atoms with van der Waals surface area (Å²) in [6.45, 7) is 3.76. The van der Waals surface area contributed by atoms with Crippen molar-refractivity contribution in [3.05, 3.63) is 29.3 Å². The van der Waals surface area contributed by atoms with Gasteiger partial charge in [-0.1, -0.05) is 12.8 Å². The predicted octanol–water partition coefficient (Wildman–Crippen LogP) is 2.63. The van der Waals surface area contributed by atoms with E-state index in [1.54, 1.807) is 18.2 Å². The Morgan fingerprint density at radius 1 is 1.36 bits per heavy atom. The minimum Gasteiger partial charge on any atom is -0.465 e. The van der Waals surface area contributed by atoms with E-state index in [-0.39, 0.29) is 17.8 Å². The summed E-state index contributed by atoms with van der Waals surface area (Å²) in [5, 5.41) is 2.92. The van der Waals surface area contributed by atoms with E-state index in [1.807, 2.05) is 13.8 Å². The molecule has 0 aliphatic heterocycles. The highest BCUT2D eigenvalue weighted by Crippen LogP contribution is 2.32. The van der Waals surface area contributed by atoms with Crippen LogP contribution in [0.1, 0.15) is 48.5 Å². The first kappa shape index (κ1) is 16.5. The number of benzene rings is 1. The normalized spacial score (nSPS) is 24.6. The molecule has 2 atom stereocenters. The molecule has 1 aromatic rings. The maximum Gasteiger partial charge on any atom is 0.338 e. The van der Waals surface area contributed by atoms with Gasteiger partial charge in [-0.25, -0.2) is 4.79 Å². The monoisotopic (exact) mass is 304 g/mol. The number of nitrogens with one attached hydrogen (secondary N) is 1. The van der Waals surface area contributed by atoms with Gasteiger partial charge in [-0.3, -0.25) is 4.79 Å². The van der Waals surface area contributed by atoms with Gasteiger partial charge in [0.15, 0.2) is 0 Å². The van der Waals surface area contributed by atoms with Gasteiger partial charge in [-0.15, -0.1) is 0 Å². The van der Waals surface area contributed by atoms with Crippen molar-refractivity contribution in [2.75, 3.05) is 12.4 Å². The number of ether oxygens (including phenoxy) is 1. The number of rotatable bonds is 3. The number of hydrogen-bond donors (Lipinski definition) is 2. The highest BCUT2D eigenvalue weighted by atomic mass is 16.5. The summed E-state index contributed by atoms with van der Waals surface area (Å²) in [7, 11) is 1.35. The number of carbonyl (C=O) groups excluding carboxylic acids is 2. The first-order valence-corrected chi connectivity index (χ1v) is 7.64. The van der Waals surface area contributed by atoms with Gasteiger partial charge in [0.05, 0.1) is 18.6 Å². The maximum atomic E-state index is 12.5. The molecule has 0 radical (unpaired) electrons. The average molecular weight is 304 g/mol. The lowest BCUT2D eigenvalue weighted by atomic mass is 9.74. The van der Waals surface area contributed by atoms with E-state index in [0.717, 1.165) is 31.2 Å². The zero-order chi connectivity index (χ0) is 16.3. The van der Waals surface area contributed by atoms with Crippen molar-refractivity contribution in [1.82, 2.24) is 0 Å². The lowest BCUT2D eigenvalue weighted by Gasteiger charge is -2.37. The first-order valence-electron chi connectivity index (χ1n) is 7.64. The molecule has 0 bridgehead atoms. The van der Waals surface area contributed by atoms with Crippen molar-refractivity contribution in [2.24, 2.45) is 11.7 Å². The fourth-order valence-corrected chi connectivity index (χ4v) is 3.10. The molecule has 0 aromatic heterocycles. The molecule has 5 nitrogen and oxygen atoms in total. The van der Waals surface area contributed by atoms with Gasteiger partial charge in [0.1, 0.15) is 0 Å². The van der Waals surface area contributed by atoms with Gasteiger partial charge < -0.3 is 15.8 Å². The summed E-state index contributed by atoms with van der Waals surface area (Å²) in [5.41, 5.74) is 7.76. The summed E-state index contributed by atoms with van der Waals surface area (Å²) >= 11 is 0. The number of aryl methyl sites for hydroxylation is 1. The van der Waals surface area contributed by atoms with Crippen LogP contribution >= 0.6 is 0 Å². The minimum absolute atomic E-state index is 0.0464. The third-order valence-corrected chi connectivity index (χ3v) is 4.47. The molecule has 1 aromatic carbocycles. The molecule has 1 amide bonds. The maximum absolute atomic E-state index is 12.5. The van der Waals surface area contributed by atoms with Crippen molar-refractivity contribution < 1.29 is 14.3 Å².